The topological polar surface area (TPSA) is 62.2 Å². The zero-order valence-corrected chi connectivity index (χ0v) is 12.9. The van der Waals surface area contributed by atoms with E-state index >= 15 is 0 Å². The number of hydrogen-bond acceptors (Lipinski definition) is 4. The molecule has 0 aliphatic carbocycles. The lowest BCUT2D eigenvalue weighted by Gasteiger charge is -2.03. The van der Waals surface area contributed by atoms with Crippen LogP contribution in [0.2, 0.25) is 5.02 Å². The number of hydrogen-bond donors (Lipinski definition) is 2. The Balaban J connectivity index is 1.78. The van der Waals surface area contributed by atoms with Gasteiger partial charge in [-0.2, -0.15) is 0 Å². The molecule has 4 nitrogen and oxygen atoms in total. The summed E-state index contributed by atoms with van der Waals surface area (Å²) >= 11 is 7.24. The highest BCUT2D eigenvalue weighted by Gasteiger charge is 2.12. The molecular weight excluding hydrogens is 320 g/mol. The number of nitrogens with zero attached hydrogens (tertiary/aromatic N) is 1. The van der Waals surface area contributed by atoms with E-state index in [1.165, 1.54) is 23.5 Å². The van der Waals surface area contributed by atoms with Crippen LogP contribution in [0.5, 0.6) is 5.75 Å². The van der Waals surface area contributed by atoms with Crippen LogP contribution in [0.15, 0.2) is 53.9 Å². The number of aromatic hydroxyl groups is 1. The zero-order chi connectivity index (χ0) is 15.5. The maximum absolute atomic E-state index is 12.2. The number of amides is 1. The van der Waals surface area contributed by atoms with E-state index < -0.39 is 0 Å². The summed E-state index contributed by atoms with van der Waals surface area (Å²) in [6, 6.07) is 13.7. The Hall–Kier alpha value is -2.37. The lowest BCUT2D eigenvalue weighted by molar-refractivity contribution is 0.102. The predicted octanol–water partition coefficient (Wildman–Crippen LogP) is 4.42. The number of phenols is 1. The molecule has 0 radical (unpaired) electrons. The molecule has 110 valence electrons. The summed E-state index contributed by atoms with van der Waals surface area (Å²) < 4.78 is 0. The molecular formula is C16H11ClN2O2S. The van der Waals surface area contributed by atoms with Gasteiger partial charge >= 0.3 is 0 Å². The first-order valence-electron chi connectivity index (χ1n) is 6.44. The minimum atomic E-state index is -0.318. The number of benzene rings is 2. The summed E-state index contributed by atoms with van der Waals surface area (Å²) in [5, 5.41) is 15.2. The second-order valence-electron chi connectivity index (χ2n) is 4.55. The van der Waals surface area contributed by atoms with Gasteiger partial charge in [0.25, 0.3) is 5.91 Å². The molecule has 1 aromatic heterocycles. The monoisotopic (exact) mass is 330 g/mol. The van der Waals surface area contributed by atoms with Gasteiger partial charge in [0, 0.05) is 27.7 Å². The number of carbonyl (C=O) groups is 1. The fraction of sp³-hybridized carbons (Fsp3) is 0. The van der Waals surface area contributed by atoms with Crippen molar-refractivity contribution >= 4 is 34.5 Å². The fourth-order valence-corrected chi connectivity index (χ4v) is 2.81. The van der Waals surface area contributed by atoms with E-state index in [1.807, 2.05) is 12.1 Å². The first-order valence-corrected chi connectivity index (χ1v) is 7.69. The van der Waals surface area contributed by atoms with Gasteiger partial charge in [0.1, 0.15) is 16.5 Å². The van der Waals surface area contributed by atoms with E-state index in [9.17, 15) is 9.90 Å². The molecule has 0 aliphatic rings. The zero-order valence-electron chi connectivity index (χ0n) is 11.3. The number of anilines is 1. The Morgan fingerprint density at radius 2 is 1.95 bits per heavy atom. The molecule has 2 aromatic carbocycles. The minimum Gasteiger partial charge on any atom is -0.508 e. The molecule has 22 heavy (non-hydrogen) atoms. The highest BCUT2D eigenvalue weighted by atomic mass is 35.5. The molecule has 0 saturated heterocycles. The molecule has 0 spiro atoms. The first-order chi connectivity index (χ1) is 10.6. The minimum absolute atomic E-state index is 0.0953. The SMILES string of the molecule is O=C(Nc1cccc(O)c1)c1csc(-c2ccc(Cl)cc2)n1. The highest BCUT2D eigenvalue weighted by Crippen LogP contribution is 2.25. The van der Waals surface area contributed by atoms with Crippen LogP contribution < -0.4 is 5.32 Å². The molecule has 0 unspecified atom stereocenters. The molecule has 0 fully saturated rings. The van der Waals surface area contributed by atoms with E-state index in [-0.39, 0.29) is 11.7 Å². The average molecular weight is 331 g/mol. The fourth-order valence-electron chi connectivity index (χ4n) is 1.88. The van der Waals surface area contributed by atoms with Crippen molar-refractivity contribution in [3.63, 3.8) is 0 Å². The first kappa shape index (κ1) is 14.6. The summed E-state index contributed by atoms with van der Waals surface area (Å²) in [6.45, 7) is 0. The third kappa shape index (κ3) is 3.27. The average Bonchev–Trinajstić information content (AvgIpc) is 2.98. The lowest BCUT2D eigenvalue weighted by atomic mass is 10.2. The molecule has 0 saturated carbocycles. The Morgan fingerprint density at radius 1 is 1.18 bits per heavy atom. The van der Waals surface area contributed by atoms with Crippen LogP contribution >= 0.6 is 22.9 Å². The maximum atomic E-state index is 12.2. The number of rotatable bonds is 3. The molecule has 1 amide bonds. The smallest absolute Gasteiger partial charge is 0.275 e. The van der Waals surface area contributed by atoms with Gasteiger partial charge < -0.3 is 10.4 Å². The van der Waals surface area contributed by atoms with Crippen molar-refractivity contribution in [1.29, 1.82) is 0 Å². The van der Waals surface area contributed by atoms with Crippen molar-refractivity contribution in [3.05, 3.63) is 64.6 Å². The van der Waals surface area contributed by atoms with Crippen LogP contribution in [-0.4, -0.2) is 16.0 Å². The van der Waals surface area contributed by atoms with Crippen molar-refractivity contribution in [2.45, 2.75) is 0 Å². The summed E-state index contributed by atoms with van der Waals surface area (Å²) in [5.74, 6) is -0.222. The van der Waals surface area contributed by atoms with E-state index in [4.69, 9.17) is 11.6 Å². The van der Waals surface area contributed by atoms with Crippen molar-refractivity contribution < 1.29 is 9.90 Å². The van der Waals surface area contributed by atoms with E-state index in [1.54, 1.807) is 29.6 Å². The second kappa shape index (κ2) is 6.17. The molecule has 1 heterocycles. The maximum Gasteiger partial charge on any atom is 0.275 e. The van der Waals surface area contributed by atoms with Crippen LogP contribution in [0.1, 0.15) is 10.5 Å². The molecule has 3 rings (SSSR count). The van der Waals surface area contributed by atoms with Crippen molar-refractivity contribution in [2.75, 3.05) is 5.32 Å². The van der Waals surface area contributed by atoms with Gasteiger partial charge in [-0.3, -0.25) is 4.79 Å². The molecule has 2 N–H and O–H groups in total. The number of thiazole rings is 1. The Labute approximate surface area is 136 Å². The van der Waals surface area contributed by atoms with Gasteiger partial charge in [0.15, 0.2) is 0 Å². The summed E-state index contributed by atoms with van der Waals surface area (Å²) in [5.41, 5.74) is 1.76. The van der Waals surface area contributed by atoms with Gasteiger partial charge in [-0.05, 0) is 24.3 Å². The van der Waals surface area contributed by atoms with Crippen LogP contribution in [0, 0.1) is 0 Å². The Morgan fingerprint density at radius 3 is 2.68 bits per heavy atom. The van der Waals surface area contributed by atoms with Crippen LogP contribution in [-0.2, 0) is 0 Å². The molecule has 3 aromatic rings. The van der Waals surface area contributed by atoms with Crippen LogP contribution in [0.25, 0.3) is 10.6 Å². The van der Waals surface area contributed by atoms with Gasteiger partial charge in [-0.15, -0.1) is 11.3 Å². The van der Waals surface area contributed by atoms with E-state index in [0.717, 1.165) is 10.6 Å². The largest absolute Gasteiger partial charge is 0.508 e. The standard InChI is InChI=1S/C16H11ClN2O2S/c17-11-6-4-10(5-7-11)16-19-14(9-22-16)15(21)18-12-2-1-3-13(20)8-12/h1-9,20H,(H,18,21). The van der Waals surface area contributed by atoms with Gasteiger partial charge in [0.05, 0.1) is 0 Å². The number of aromatic nitrogens is 1. The molecule has 0 atom stereocenters. The summed E-state index contributed by atoms with van der Waals surface area (Å²) in [4.78, 5) is 16.5. The van der Waals surface area contributed by atoms with Crippen LogP contribution in [0.3, 0.4) is 0 Å². The molecule has 6 heteroatoms. The van der Waals surface area contributed by atoms with Crippen molar-refractivity contribution in [3.8, 4) is 16.3 Å². The normalized spacial score (nSPS) is 10.4. The molecule has 0 bridgehead atoms. The number of phenolic OH excluding ortho intramolecular Hbond substituents is 1. The lowest BCUT2D eigenvalue weighted by Crippen LogP contribution is -2.12. The second-order valence-corrected chi connectivity index (χ2v) is 5.84. The predicted molar refractivity (Wildman–Crippen MR) is 88.6 cm³/mol. The van der Waals surface area contributed by atoms with Crippen LogP contribution in [0.4, 0.5) is 5.69 Å². The number of nitrogens with one attached hydrogen (secondary N) is 1. The molecule has 0 aliphatic heterocycles. The highest BCUT2D eigenvalue weighted by molar-refractivity contribution is 7.13. The van der Waals surface area contributed by atoms with Crippen molar-refractivity contribution in [2.24, 2.45) is 0 Å². The quantitative estimate of drug-likeness (QED) is 0.747. The van der Waals surface area contributed by atoms with Gasteiger partial charge in [0.2, 0.25) is 0 Å². The number of halogens is 1. The van der Waals surface area contributed by atoms with Gasteiger partial charge in [-0.25, -0.2) is 4.98 Å². The third-order valence-corrected chi connectivity index (χ3v) is 4.08. The van der Waals surface area contributed by atoms with E-state index in [0.29, 0.717) is 16.4 Å². The number of carbonyl (C=O) groups excluding carboxylic acids is 1. The van der Waals surface area contributed by atoms with E-state index in [2.05, 4.69) is 10.3 Å². The Bertz CT molecular complexity index is 815. The van der Waals surface area contributed by atoms with Crippen molar-refractivity contribution in [1.82, 2.24) is 4.98 Å². The third-order valence-electron chi connectivity index (χ3n) is 2.93. The Kier molecular flexibility index (Phi) is 4.09. The summed E-state index contributed by atoms with van der Waals surface area (Å²) in [6.07, 6.45) is 0. The summed E-state index contributed by atoms with van der Waals surface area (Å²) in [7, 11) is 0. The van der Waals surface area contributed by atoms with Gasteiger partial charge in [-0.1, -0.05) is 29.8 Å².